The van der Waals surface area contributed by atoms with Crippen molar-refractivity contribution in [2.24, 2.45) is 0 Å². The van der Waals surface area contributed by atoms with Crippen LogP contribution in [0.5, 0.6) is 0 Å². The van der Waals surface area contributed by atoms with Gasteiger partial charge in [0, 0.05) is 38.8 Å². The van der Waals surface area contributed by atoms with Gasteiger partial charge >= 0.3 is 0 Å². The molecule has 0 spiro atoms. The Morgan fingerprint density at radius 1 is 1.20 bits per heavy atom. The molecule has 0 bridgehead atoms. The zero-order chi connectivity index (χ0) is 14.4. The maximum atomic E-state index is 10.2. The fraction of sp³-hybridized carbons (Fsp3) is 0.562. The summed E-state index contributed by atoms with van der Waals surface area (Å²) in [5.41, 5.74) is 0.979. The molecule has 0 saturated carbocycles. The molecule has 1 fully saturated rings. The lowest BCUT2D eigenvalue weighted by molar-refractivity contribution is 0.0598. The molecule has 2 atom stereocenters. The highest BCUT2D eigenvalue weighted by atomic mass is 16.3. The summed E-state index contributed by atoms with van der Waals surface area (Å²) in [6, 6.07) is 12.4. The normalized spacial score (nSPS) is 20.2. The van der Waals surface area contributed by atoms with Crippen LogP contribution in [0, 0.1) is 11.3 Å². The third-order valence-electron chi connectivity index (χ3n) is 4.03. The highest BCUT2D eigenvalue weighted by Gasteiger charge is 2.22. The number of nitrogens with zero attached hydrogens (tertiary/aromatic N) is 3. The summed E-state index contributed by atoms with van der Waals surface area (Å²) in [7, 11) is 0. The van der Waals surface area contributed by atoms with Gasteiger partial charge in [0.15, 0.2) is 0 Å². The Labute approximate surface area is 121 Å². The summed E-state index contributed by atoms with van der Waals surface area (Å²) in [6.07, 6.45) is 0.173. The third-order valence-corrected chi connectivity index (χ3v) is 4.03. The predicted octanol–water partition coefficient (Wildman–Crippen LogP) is 1.64. The van der Waals surface area contributed by atoms with E-state index in [0.29, 0.717) is 19.0 Å². The zero-order valence-electron chi connectivity index (χ0n) is 12.1. The summed E-state index contributed by atoms with van der Waals surface area (Å²) in [5.74, 6) is 0. The number of β-amino-alcohol motifs (C(OH)–C–C–N with tert-alkyl or cyclic N) is 1. The SMILES string of the molecule is C[C@H](CC#N)N1CCN(C[C@@H](O)c2ccccc2)CC1. The first-order valence-corrected chi connectivity index (χ1v) is 7.27. The number of piperazine rings is 1. The number of hydrogen-bond donors (Lipinski definition) is 1. The summed E-state index contributed by atoms with van der Waals surface area (Å²) >= 11 is 0. The molecule has 4 nitrogen and oxygen atoms in total. The lowest BCUT2D eigenvalue weighted by Gasteiger charge is -2.38. The summed E-state index contributed by atoms with van der Waals surface area (Å²) in [6.45, 7) is 6.66. The van der Waals surface area contributed by atoms with Crippen molar-refractivity contribution < 1.29 is 5.11 Å². The van der Waals surface area contributed by atoms with Gasteiger partial charge in [-0.2, -0.15) is 5.26 Å². The zero-order valence-corrected chi connectivity index (χ0v) is 12.1. The topological polar surface area (TPSA) is 50.5 Å². The Hall–Kier alpha value is -1.41. The van der Waals surface area contributed by atoms with Gasteiger partial charge in [-0.25, -0.2) is 0 Å². The fourth-order valence-electron chi connectivity index (χ4n) is 2.67. The van der Waals surface area contributed by atoms with E-state index in [9.17, 15) is 5.11 Å². The Kier molecular flexibility index (Phi) is 5.54. The van der Waals surface area contributed by atoms with Crippen LogP contribution in [0.15, 0.2) is 30.3 Å². The van der Waals surface area contributed by atoms with E-state index in [2.05, 4.69) is 22.8 Å². The Bertz CT molecular complexity index is 435. The van der Waals surface area contributed by atoms with Crippen LogP contribution in [0.3, 0.4) is 0 Å². The van der Waals surface area contributed by atoms with Crippen LogP contribution < -0.4 is 0 Å². The van der Waals surface area contributed by atoms with E-state index in [4.69, 9.17) is 5.26 Å². The van der Waals surface area contributed by atoms with Gasteiger partial charge in [-0.05, 0) is 12.5 Å². The lowest BCUT2D eigenvalue weighted by Crippen LogP contribution is -2.50. The van der Waals surface area contributed by atoms with Gasteiger partial charge in [0.25, 0.3) is 0 Å². The number of rotatable bonds is 5. The quantitative estimate of drug-likeness (QED) is 0.886. The number of aliphatic hydroxyl groups is 1. The van der Waals surface area contributed by atoms with Crippen LogP contribution >= 0.6 is 0 Å². The van der Waals surface area contributed by atoms with Crippen LogP contribution in [0.4, 0.5) is 0 Å². The molecule has 1 aromatic rings. The first kappa shape index (κ1) is 15.0. The van der Waals surface area contributed by atoms with Crippen LogP contribution in [0.2, 0.25) is 0 Å². The third kappa shape index (κ3) is 4.04. The summed E-state index contributed by atoms with van der Waals surface area (Å²) in [5, 5.41) is 19.0. The fourth-order valence-corrected chi connectivity index (χ4v) is 2.67. The van der Waals surface area contributed by atoms with Crippen molar-refractivity contribution in [3.05, 3.63) is 35.9 Å². The Balaban J connectivity index is 1.79. The average Bonchev–Trinajstić information content (AvgIpc) is 2.49. The summed E-state index contributed by atoms with van der Waals surface area (Å²) in [4.78, 5) is 4.65. The molecular weight excluding hydrogens is 250 g/mol. The summed E-state index contributed by atoms with van der Waals surface area (Å²) < 4.78 is 0. The second kappa shape index (κ2) is 7.39. The maximum absolute atomic E-state index is 10.2. The molecule has 0 aliphatic carbocycles. The number of benzene rings is 1. The van der Waals surface area contributed by atoms with Crippen LogP contribution in [-0.4, -0.2) is 53.7 Å². The highest BCUT2D eigenvalue weighted by molar-refractivity contribution is 5.17. The van der Waals surface area contributed by atoms with Gasteiger partial charge in [-0.15, -0.1) is 0 Å². The highest BCUT2D eigenvalue weighted by Crippen LogP contribution is 2.16. The Morgan fingerprint density at radius 3 is 2.45 bits per heavy atom. The van der Waals surface area contributed by atoms with Crippen molar-refractivity contribution in [3.8, 4) is 6.07 Å². The molecule has 0 unspecified atom stereocenters. The largest absolute Gasteiger partial charge is 0.387 e. The molecule has 20 heavy (non-hydrogen) atoms. The lowest BCUT2D eigenvalue weighted by atomic mass is 10.1. The van der Waals surface area contributed by atoms with Crippen molar-refractivity contribution in [1.29, 1.82) is 5.26 Å². The van der Waals surface area contributed by atoms with E-state index in [1.807, 2.05) is 30.3 Å². The van der Waals surface area contributed by atoms with Gasteiger partial charge < -0.3 is 5.11 Å². The van der Waals surface area contributed by atoms with Gasteiger partial charge in [0.1, 0.15) is 0 Å². The second-order valence-corrected chi connectivity index (χ2v) is 5.47. The minimum Gasteiger partial charge on any atom is -0.387 e. The Morgan fingerprint density at radius 2 is 1.85 bits per heavy atom. The van der Waals surface area contributed by atoms with Gasteiger partial charge in [0.2, 0.25) is 0 Å². The molecule has 0 aromatic heterocycles. The molecule has 1 heterocycles. The molecule has 1 aliphatic rings. The smallest absolute Gasteiger partial charge is 0.0916 e. The predicted molar refractivity (Wildman–Crippen MR) is 79.1 cm³/mol. The molecule has 2 rings (SSSR count). The molecule has 108 valence electrons. The van der Waals surface area contributed by atoms with E-state index in [-0.39, 0.29) is 0 Å². The van der Waals surface area contributed by atoms with Crippen molar-refractivity contribution in [2.45, 2.75) is 25.5 Å². The molecule has 0 amide bonds. The first-order chi connectivity index (χ1) is 9.70. The molecule has 4 heteroatoms. The molecular formula is C16H23N3O. The molecule has 1 aromatic carbocycles. The molecule has 1 N–H and O–H groups in total. The van der Waals surface area contributed by atoms with Gasteiger partial charge in [0.05, 0.1) is 18.6 Å². The average molecular weight is 273 g/mol. The van der Waals surface area contributed by atoms with E-state index in [1.165, 1.54) is 0 Å². The van der Waals surface area contributed by atoms with Crippen molar-refractivity contribution in [3.63, 3.8) is 0 Å². The molecule has 1 saturated heterocycles. The van der Waals surface area contributed by atoms with E-state index >= 15 is 0 Å². The molecule has 0 radical (unpaired) electrons. The number of aliphatic hydroxyl groups excluding tert-OH is 1. The van der Waals surface area contributed by atoms with Crippen LogP contribution in [-0.2, 0) is 0 Å². The molecule has 1 aliphatic heterocycles. The maximum Gasteiger partial charge on any atom is 0.0916 e. The van der Waals surface area contributed by atoms with E-state index < -0.39 is 6.10 Å². The van der Waals surface area contributed by atoms with Crippen molar-refractivity contribution >= 4 is 0 Å². The van der Waals surface area contributed by atoms with Crippen molar-refractivity contribution in [2.75, 3.05) is 32.7 Å². The first-order valence-electron chi connectivity index (χ1n) is 7.27. The standard InChI is InChI=1S/C16H23N3O/c1-14(7-8-17)19-11-9-18(10-12-19)13-16(20)15-5-3-2-4-6-15/h2-6,14,16,20H,7,9-13H2,1H3/t14-,16-/m1/s1. The minimum atomic E-state index is -0.417. The minimum absolute atomic E-state index is 0.334. The van der Waals surface area contributed by atoms with Gasteiger partial charge in [-0.1, -0.05) is 30.3 Å². The monoisotopic (exact) mass is 273 g/mol. The second-order valence-electron chi connectivity index (χ2n) is 5.47. The van der Waals surface area contributed by atoms with E-state index in [1.54, 1.807) is 0 Å². The van der Waals surface area contributed by atoms with Crippen LogP contribution in [0.25, 0.3) is 0 Å². The van der Waals surface area contributed by atoms with Gasteiger partial charge in [-0.3, -0.25) is 9.80 Å². The number of hydrogen-bond acceptors (Lipinski definition) is 4. The van der Waals surface area contributed by atoms with Crippen molar-refractivity contribution in [1.82, 2.24) is 9.80 Å². The number of nitriles is 1. The van der Waals surface area contributed by atoms with E-state index in [0.717, 1.165) is 31.7 Å². The van der Waals surface area contributed by atoms with Crippen LogP contribution in [0.1, 0.15) is 25.0 Å².